The summed E-state index contributed by atoms with van der Waals surface area (Å²) in [6.45, 7) is 3.14. The molecule has 0 aliphatic carbocycles. The van der Waals surface area contributed by atoms with Gasteiger partial charge in [0, 0.05) is 23.9 Å². The quantitative estimate of drug-likeness (QED) is 0.0628. The van der Waals surface area contributed by atoms with Gasteiger partial charge in [-0.1, -0.05) is 119 Å². The fraction of sp³-hybridized carbons (Fsp3) is 0.885. The van der Waals surface area contributed by atoms with Crippen molar-refractivity contribution in [3.63, 3.8) is 0 Å². The summed E-state index contributed by atoms with van der Waals surface area (Å²) in [4.78, 5) is 17.4. The number of ether oxygens (including phenoxy) is 2. The predicted octanol–water partition coefficient (Wildman–Crippen LogP) is 7.96. The SMILES string of the molecule is CCCCCCCCCCCCCCCCCCOCC(CC(Br)COP(=O)(O)O)Oc1ccon1. The summed E-state index contributed by atoms with van der Waals surface area (Å²) in [6, 6.07) is 1.61. The van der Waals surface area contributed by atoms with Gasteiger partial charge in [0.2, 0.25) is 0 Å². The van der Waals surface area contributed by atoms with Crippen LogP contribution >= 0.6 is 23.8 Å². The number of unbranched alkanes of at least 4 members (excludes halogenated alkanes) is 15. The summed E-state index contributed by atoms with van der Waals surface area (Å²) in [5.74, 6) is 0.349. The first kappa shape index (κ1) is 33.6. The van der Waals surface area contributed by atoms with E-state index in [0.717, 1.165) is 12.8 Å². The van der Waals surface area contributed by atoms with E-state index in [1.165, 1.54) is 96.2 Å². The lowest BCUT2D eigenvalue weighted by Crippen LogP contribution is -2.28. The first-order chi connectivity index (χ1) is 17.4. The Kier molecular flexibility index (Phi) is 21.0. The van der Waals surface area contributed by atoms with E-state index in [9.17, 15) is 4.57 Å². The molecule has 0 spiro atoms. The van der Waals surface area contributed by atoms with Crippen molar-refractivity contribution in [3.05, 3.63) is 12.3 Å². The predicted molar refractivity (Wildman–Crippen MR) is 147 cm³/mol. The van der Waals surface area contributed by atoms with Crippen LogP contribution in [0.25, 0.3) is 0 Å². The molecular formula is C26H49BrNO7P. The lowest BCUT2D eigenvalue weighted by molar-refractivity contribution is 0.0382. The van der Waals surface area contributed by atoms with E-state index in [0.29, 0.717) is 25.5 Å². The van der Waals surface area contributed by atoms with Crippen LogP contribution in [0.15, 0.2) is 16.9 Å². The minimum Gasteiger partial charge on any atom is -0.470 e. The summed E-state index contributed by atoms with van der Waals surface area (Å²) in [5.41, 5.74) is 0. The largest absolute Gasteiger partial charge is 0.470 e. The summed E-state index contributed by atoms with van der Waals surface area (Å²) in [5, 5.41) is 3.75. The van der Waals surface area contributed by atoms with Crippen molar-refractivity contribution in [2.24, 2.45) is 0 Å². The van der Waals surface area contributed by atoms with E-state index >= 15 is 0 Å². The lowest BCUT2D eigenvalue weighted by Gasteiger charge is -2.20. The van der Waals surface area contributed by atoms with Gasteiger partial charge in [-0.15, -0.1) is 0 Å². The van der Waals surface area contributed by atoms with Gasteiger partial charge in [-0.3, -0.25) is 4.52 Å². The maximum Gasteiger partial charge on any atom is 0.469 e. The third-order valence-electron chi connectivity index (χ3n) is 6.09. The molecule has 1 heterocycles. The second-order valence-corrected chi connectivity index (χ2v) is 12.1. The van der Waals surface area contributed by atoms with Crippen molar-refractivity contribution in [2.45, 2.75) is 127 Å². The molecule has 0 radical (unpaired) electrons. The maximum absolute atomic E-state index is 10.9. The molecule has 0 fully saturated rings. The smallest absolute Gasteiger partial charge is 0.469 e. The van der Waals surface area contributed by atoms with Crippen molar-refractivity contribution >= 4 is 23.8 Å². The fourth-order valence-electron chi connectivity index (χ4n) is 4.08. The number of phosphoric ester groups is 1. The maximum atomic E-state index is 10.9. The van der Waals surface area contributed by atoms with E-state index in [4.69, 9.17) is 23.8 Å². The van der Waals surface area contributed by atoms with Crippen LogP contribution in [-0.4, -0.2) is 45.7 Å². The third-order valence-corrected chi connectivity index (χ3v) is 7.21. The van der Waals surface area contributed by atoms with Gasteiger partial charge in [-0.25, -0.2) is 4.57 Å². The monoisotopic (exact) mass is 597 g/mol. The van der Waals surface area contributed by atoms with Crippen LogP contribution in [-0.2, 0) is 13.8 Å². The van der Waals surface area contributed by atoms with Crippen molar-refractivity contribution < 1.29 is 32.9 Å². The van der Waals surface area contributed by atoms with E-state index in [1.54, 1.807) is 6.07 Å². The molecule has 2 N–H and O–H groups in total. The summed E-state index contributed by atoms with van der Waals surface area (Å²) >= 11 is 3.38. The molecule has 0 bridgehead atoms. The molecule has 212 valence electrons. The van der Waals surface area contributed by atoms with Gasteiger partial charge < -0.3 is 23.8 Å². The van der Waals surface area contributed by atoms with Gasteiger partial charge in [-0.05, 0) is 11.6 Å². The van der Waals surface area contributed by atoms with Crippen LogP contribution in [0.2, 0.25) is 0 Å². The highest BCUT2D eigenvalue weighted by Crippen LogP contribution is 2.36. The van der Waals surface area contributed by atoms with Crippen molar-refractivity contribution in [1.82, 2.24) is 5.16 Å². The zero-order valence-electron chi connectivity index (χ0n) is 22.2. The van der Waals surface area contributed by atoms with Crippen molar-refractivity contribution in [3.8, 4) is 5.88 Å². The zero-order chi connectivity index (χ0) is 26.3. The molecule has 2 atom stereocenters. The van der Waals surface area contributed by atoms with Gasteiger partial charge in [0.05, 0.1) is 13.2 Å². The molecule has 36 heavy (non-hydrogen) atoms. The zero-order valence-corrected chi connectivity index (χ0v) is 24.6. The molecule has 1 aromatic rings. The van der Waals surface area contributed by atoms with E-state index < -0.39 is 7.82 Å². The van der Waals surface area contributed by atoms with Crippen LogP contribution in [0.1, 0.15) is 116 Å². The van der Waals surface area contributed by atoms with Gasteiger partial charge >= 0.3 is 7.82 Å². The number of aromatic nitrogens is 1. The Morgan fingerprint density at radius 3 is 1.89 bits per heavy atom. The molecule has 0 aliphatic rings. The Labute approximate surface area is 226 Å². The van der Waals surface area contributed by atoms with Crippen LogP contribution in [0.3, 0.4) is 0 Å². The van der Waals surface area contributed by atoms with Gasteiger partial charge in [0.1, 0.15) is 12.4 Å². The Morgan fingerprint density at radius 2 is 1.42 bits per heavy atom. The van der Waals surface area contributed by atoms with Crippen molar-refractivity contribution in [2.75, 3.05) is 19.8 Å². The first-order valence-electron chi connectivity index (χ1n) is 13.9. The number of alkyl halides is 1. The second-order valence-electron chi connectivity index (χ2n) is 9.58. The molecule has 8 nitrogen and oxygen atoms in total. The highest BCUT2D eigenvalue weighted by molar-refractivity contribution is 9.09. The average Bonchev–Trinajstić information content (AvgIpc) is 3.34. The standard InChI is InChI=1S/C26H49BrNO7P/c1-2-3-4-5-6-7-8-9-10-11-12-13-14-15-16-17-19-32-23-25(35-26-18-20-33-28-26)21-24(27)22-34-36(29,30)31/h18,20,24-25H,2-17,19,21-23H2,1H3,(H2,29,30,31). The van der Waals surface area contributed by atoms with Gasteiger partial charge in [0.25, 0.3) is 5.88 Å². The number of hydrogen-bond donors (Lipinski definition) is 2. The molecule has 2 unspecified atom stereocenters. The molecular weight excluding hydrogens is 549 g/mol. The number of nitrogens with zero attached hydrogens (tertiary/aromatic N) is 1. The van der Waals surface area contributed by atoms with Crippen molar-refractivity contribution in [1.29, 1.82) is 0 Å². The summed E-state index contributed by atoms with van der Waals surface area (Å²) in [6.07, 6.45) is 22.9. The first-order valence-corrected chi connectivity index (χ1v) is 16.3. The highest BCUT2D eigenvalue weighted by atomic mass is 79.9. The second kappa shape index (κ2) is 22.5. The van der Waals surface area contributed by atoms with E-state index in [2.05, 4.69) is 32.5 Å². The normalized spacial score (nSPS) is 13.7. The van der Waals surface area contributed by atoms with Gasteiger partial charge in [0.15, 0.2) is 0 Å². The Morgan fingerprint density at radius 1 is 0.889 bits per heavy atom. The number of rotatable bonds is 26. The van der Waals surface area contributed by atoms with Crippen LogP contribution in [0.5, 0.6) is 5.88 Å². The van der Waals surface area contributed by atoms with Crippen LogP contribution < -0.4 is 4.74 Å². The average molecular weight is 599 g/mol. The minimum atomic E-state index is -4.51. The summed E-state index contributed by atoms with van der Waals surface area (Å²) in [7, 11) is -4.51. The Hall–Kier alpha value is -0.440. The van der Waals surface area contributed by atoms with Crippen LogP contribution in [0.4, 0.5) is 0 Å². The number of hydrogen-bond acceptors (Lipinski definition) is 6. The molecule has 10 heteroatoms. The molecule has 0 aliphatic heterocycles. The number of halogens is 1. The molecule has 0 aromatic carbocycles. The van der Waals surface area contributed by atoms with Gasteiger partial charge in [-0.2, -0.15) is 0 Å². The molecule has 0 saturated heterocycles. The van der Waals surface area contributed by atoms with E-state index in [-0.39, 0.29) is 17.5 Å². The molecule has 1 rings (SSSR count). The molecule has 0 saturated carbocycles. The number of phosphoric acid groups is 1. The van der Waals surface area contributed by atoms with E-state index in [1.807, 2.05) is 0 Å². The third kappa shape index (κ3) is 21.6. The minimum absolute atomic E-state index is 0.137. The molecule has 0 amide bonds. The Balaban J connectivity index is 2.00. The summed E-state index contributed by atoms with van der Waals surface area (Å²) < 4.78 is 31.9. The highest BCUT2D eigenvalue weighted by Gasteiger charge is 2.21. The lowest BCUT2D eigenvalue weighted by atomic mass is 10.0. The topological polar surface area (TPSA) is 111 Å². The van der Waals surface area contributed by atoms with Crippen LogP contribution in [0, 0.1) is 0 Å². The fourth-order valence-corrected chi connectivity index (χ4v) is 5.21. The molecule has 1 aromatic heterocycles. The Bertz CT molecular complexity index is 644.